The van der Waals surface area contributed by atoms with Gasteiger partial charge in [0.1, 0.15) is 6.04 Å². The molecule has 2 heterocycles. The molecule has 0 aromatic carbocycles. The molecule has 0 radical (unpaired) electrons. The summed E-state index contributed by atoms with van der Waals surface area (Å²) in [7, 11) is 1.61. The van der Waals surface area contributed by atoms with Crippen LogP contribution >= 0.6 is 0 Å². The van der Waals surface area contributed by atoms with Crippen LogP contribution in [-0.2, 0) is 11.8 Å². The molecule has 0 spiro atoms. The number of nitrogens with one attached hydrogen (secondary N) is 1. The molecular weight excluding hydrogens is 242 g/mol. The Kier molecular flexibility index (Phi) is 3.15. The third-order valence-corrected chi connectivity index (χ3v) is 2.86. The van der Waals surface area contributed by atoms with Crippen molar-refractivity contribution in [3.63, 3.8) is 0 Å². The van der Waals surface area contributed by atoms with E-state index in [0.29, 0.717) is 13.1 Å². The molecule has 1 saturated heterocycles. The van der Waals surface area contributed by atoms with E-state index in [1.165, 1.54) is 15.8 Å². The summed E-state index contributed by atoms with van der Waals surface area (Å²) >= 11 is 0. The van der Waals surface area contributed by atoms with Crippen LogP contribution in [-0.4, -0.2) is 51.2 Å². The van der Waals surface area contributed by atoms with Crippen LogP contribution in [0.2, 0.25) is 0 Å². The van der Waals surface area contributed by atoms with Crippen LogP contribution in [0, 0.1) is 10.1 Å². The topological polar surface area (TPSA) is 114 Å². The quantitative estimate of drug-likeness (QED) is 0.536. The van der Waals surface area contributed by atoms with Crippen LogP contribution in [0.25, 0.3) is 0 Å². The Hall–Kier alpha value is -2.16. The second-order valence-corrected chi connectivity index (χ2v) is 4.01. The van der Waals surface area contributed by atoms with E-state index in [1.54, 1.807) is 7.05 Å². The number of nitro groups is 1. The van der Waals surface area contributed by atoms with E-state index in [1.807, 2.05) is 0 Å². The van der Waals surface area contributed by atoms with Gasteiger partial charge < -0.3 is 25.4 Å². The fourth-order valence-electron chi connectivity index (χ4n) is 2.05. The van der Waals surface area contributed by atoms with Crippen LogP contribution in [0.15, 0.2) is 6.33 Å². The maximum Gasteiger partial charge on any atom is 0.406 e. The molecule has 1 aliphatic rings. The van der Waals surface area contributed by atoms with Gasteiger partial charge in [0.15, 0.2) is 0 Å². The molecule has 1 unspecified atom stereocenters. The number of aryl methyl sites for hydroxylation is 1. The number of imidazole rings is 1. The van der Waals surface area contributed by atoms with Crippen LogP contribution in [0.1, 0.15) is 0 Å². The number of hydrogen-bond donors (Lipinski definition) is 2. The summed E-state index contributed by atoms with van der Waals surface area (Å²) in [5.74, 6) is -1.10. The van der Waals surface area contributed by atoms with Crippen molar-refractivity contribution in [2.75, 3.05) is 24.5 Å². The van der Waals surface area contributed by atoms with Crippen molar-refractivity contribution < 1.29 is 14.8 Å². The van der Waals surface area contributed by atoms with Crippen molar-refractivity contribution >= 4 is 17.6 Å². The fraction of sp³-hybridized carbons (Fsp3) is 0.556. The summed E-state index contributed by atoms with van der Waals surface area (Å²) in [6, 6.07) is -0.826. The average Bonchev–Trinajstić information content (AvgIpc) is 2.71. The van der Waals surface area contributed by atoms with Crippen LogP contribution in [0.5, 0.6) is 0 Å². The highest BCUT2D eigenvalue weighted by Crippen LogP contribution is 2.28. The van der Waals surface area contributed by atoms with Crippen molar-refractivity contribution in [1.29, 1.82) is 0 Å². The summed E-state index contributed by atoms with van der Waals surface area (Å²) in [5.41, 5.74) is 0. The molecule has 0 saturated carbocycles. The molecular formula is C9H13N5O4. The number of carboxylic acids is 1. The monoisotopic (exact) mass is 255 g/mol. The van der Waals surface area contributed by atoms with E-state index in [-0.39, 0.29) is 18.2 Å². The summed E-state index contributed by atoms with van der Waals surface area (Å²) in [5, 5.41) is 23.0. The van der Waals surface area contributed by atoms with Gasteiger partial charge in [-0.2, -0.15) is 0 Å². The first-order valence-corrected chi connectivity index (χ1v) is 5.38. The molecule has 2 rings (SSSR count). The number of carboxylic acid groups (broad SMARTS) is 1. The van der Waals surface area contributed by atoms with Gasteiger partial charge >= 0.3 is 11.8 Å². The summed E-state index contributed by atoms with van der Waals surface area (Å²) < 4.78 is 1.47. The molecule has 18 heavy (non-hydrogen) atoms. The zero-order valence-electron chi connectivity index (χ0n) is 9.74. The lowest BCUT2D eigenvalue weighted by Crippen LogP contribution is -2.55. The Balaban J connectivity index is 2.42. The average molecular weight is 255 g/mol. The van der Waals surface area contributed by atoms with Gasteiger partial charge in [-0.3, -0.25) is 4.57 Å². The lowest BCUT2D eigenvalue weighted by atomic mass is 10.2. The maximum absolute atomic E-state index is 11.2. The second-order valence-electron chi connectivity index (χ2n) is 4.01. The molecule has 0 aliphatic carbocycles. The SMILES string of the molecule is Cn1cnc([N+](=O)[O-])c1N1CCNCC1C(=O)O. The van der Waals surface area contributed by atoms with Crippen LogP contribution < -0.4 is 10.2 Å². The number of hydrogen-bond acceptors (Lipinski definition) is 6. The van der Waals surface area contributed by atoms with E-state index in [0.717, 1.165) is 0 Å². The van der Waals surface area contributed by atoms with Gasteiger partial charge in [-0.25, -0.2) is 4.79 Å². The van der Waals surface area contributed by atoms with Crippen LogP contribution in [0.3, 0.4) is 0 Å². The standard InChI is InChI=1S/C9H13N5O4/c1-12-5-11-7(14(17)18)8(12)13-3-2-10-4-6(13)9(15)16/h5-6,10H,2-4H2,1H3,(H,15,16). The largest absolute Gasteiger partial charge is 0.480 e. The third-order valence-electron chi connectivity index (χ3n) is 2.86. The smallest absolute Gasteiger partial charge is 0.406 e. The van der Waals surface area contributed by atoms with E-state index in [9.17, 15) is 14.9 Å². The predicted molar refractivity (Wildman–Crippen MR) is 61.5 cm³/mol. The van der Waals surface area contributed by atoms with Crippen molar-refractivity contribution in [2.24, 2.45) is 7.05 Å². The first-order valence-electron chi connectivity index (χ1n) is 5.38. The predicted octanol–water partition coefficient (Wildman–Crippen LogP) is -0.809. The summed E-state index contributed by atoms with van der Waals surface area (Å²) in [4.78, 5) is 26.7. The van der Waals surface area contributed by atoms with Gasteiger partial charge in [-0.05, 0) is 9.91 Å². The molecule has 0 amide bonds. The minimum Gasteiger partial charge on any atom is -0.480 e. The highest BCUT2D eigenvalue weighted by Gasteiger charge is 2.35. The van der Waals surface area contributed by atoms with E-state index in [4.69, 9.17) is 5.11 Å². The summed E-state index contributed by atoms with van der Waals surface area (Å²) in [6.07, 6.45) is 1.31. The van der Waals surface area contributed by atoms with Crippen molar-refractivity contribution in [1.82, 2.24) is 14.9 Å². The minimum absolute atomic E-state index is 0.230. The molecule has 1 aliphatic heterocycles. The van der Waals surface area contributed by atoms with Gasteiger partial charge in [0.05, 0.1) is 0 Å². The molecule has 1 fully saturated rings. The third kappa shape index (κ3) is 1.99. The first-order chi connectivity index (χ1) is 8.52. The molecule has 9 nitrogen and oxygen atoms in total. The molecule has 9 heteroatoms. The lowest BCUT2D eigenvalue weighted by molar-refractivity contribution is -0.388. The number of rotatable bonds is 3. The molecule has 98 valence electrons. The van der Waals surface area contributed by atoms with Gasteiger partial charge in [-0.15, -0.1) is 0 Å². The first kappa shape index (κ1) is 12.3. The Labute approximate surface area is 102 Å². The number of anilines is 1. The molecule has 1 atom stereocenters. The van der Waals surface area contributed by atoms with Gasteiger partial charge in [0.25, 0.3) is 0 Å². The Bertz CT molecular complexity index is 485. The highest BCUT2D eigenvalue weighted by atomic mass is 16.6. The molecule has 0 bridgehead atoms. The zero-order chi connectivity index (χ0) is 13.3. The van der Waals surface area contributed by atoms with Gasteiger partial charge in [0, 0.05) is 26.7 Å². The number of nitrogens with zero attached hydrogens (tertiary/aromatic N) is 4. The number of aliphatic carboxylic acids is 1. The number of piperazine rings is 1. The van der Waals surface area contributed by atoms with Gasteiger partial charge in [-0.1, -0.05) is 0 Å². The number of carbonyl (C=O) groups is 1. The van der Waals surface area contributed by atoms with Gasteiger partial charge in [0.2, 0.25) is 12.1 Å². The number of aromatic nitrogens is 2. The van der Waals surface area contributed by atoms with E-state index in [2.05, 4.69) is 10.3 Å². The van der Waals surface area contributed by atoms with Crippen LogP contribution in [0.4, 0.5) is 11.6 Å². The Morgan fingerprint density at radius 1 is 1.72 bits per heavy atom. The molecule has 1 aromatic rings. The maximum atomic E-state index is 11.2. The van der Waals surface area contributed by atoms with E-state index >= 15 is 0 Å². The minimum atomic E-state index is -1.02. The van der Waals surface area contributed by atoms with Crippen molar-refractivity contribution in [3.8, 4) is 0 Å². The molecule has 2 N–H and O–H groups in total. The highest BCUT2D eigenvalue weighted by molar-refractivity contribution is 5.79. The Morgan fingerprint density at radius 3 is 3.06 bits per heavy atom. The molecule has 1 aromatic heterocycles. The van der Waals surface area contributed by atoms with E-state index < -0.39 is 16.9 Å². The van der Waals surface area contributed by atoms with Crippen molar-refractivity contribution in [3.05, 3.63) is 16.4 Å². The fourth-order valence-corrected chi connectivity index (χ4v) is 2.05. The van der Waals surface area contributed by atoms with Crippen molar-refractivity contribution in [2.45, 2.75) is 6.04 Å². The second kappa shape index (κ2) is 4.61. The Morgan fingerprint density at radius 2 is 2.44 bits per heavy atom. The summed E-state index contributed by atoms with van der Waals surface area (Å²) in [6.45, 7) is 1.21. The lowest BCUT2D eigenvalue weighted by Gasteiger charge is -2.34. The zero-order valence-corrected chi connectivity index (χ0v) is 9.74. The normalized spacial score (nSPS) is 19.8.